The third-order valence-corrected chi connectivity index (χ3v) is 3.42. The van der Waals surface area contributed by atoms with Gasteiger partial charge in [-0.05, 0) is 13.8 Å². The molecule has 0 aliphatic carbocycles. The molecule has 2 heterocycles. The van der Waals surface area contributed by atoms with Gasteiger partial charge in [0.1, 0.15) is 5.82 Å². The molecule has 0 saturated carbocycles. The minimum Gasteiger partial charge on any atom is -0.337 e. The highest BCUT2D eigenvalue weighted by Gasteiger charge is 2.04. The lowest BCUT2D eigenvalue weighted by Gasteiger charge is -2.03. The third-order valence-electron chi connectivity index (χ3n) is 2.50. The zero-order valence-electron chi connectivity index (χ0n) is 9.82. The monoisotopic (exact) mass is 236 g/mol. The molecule has 4 nitrogen and oxygen atoms in total. The second-order valence-corrected chi connectivity index (χ2v) is 5.20. The van der Waals surface area contributed by atoms with Crippen LogP contribution >= 0.6 is 11.3 Å². The molecule has 2 aromatic heterocycles. The minimum atomic E-state index is 0.777. The van der Waals surface area contributed by atoms with Crippen LogP contribution in [0.3, 0.4) is 0 Å². The maximum atomic E-state index is 4.48. The fraction of sp³-hybridized carbons (Fsp3) is 0.455. The Hall–Kier alpha value is -1.20. The molecule has 0 unspecified atom stereocenters. The summed E-state index contributed by atoms with van der Waals surface area (Å²) in [5, 5.41) is 4.49. The Bertz CT molecular complexity index is 472. The molecule has 16 heavy (non-hydrogen) atoms. The van der Waals surface area contributed by atoms with E-state index in [1.54, 1.807) is 11.3 Å². The SMILES string of the molecule is Cc1nc(CNCc2nccn2C)c(C)s1. The van der Waals surface area contributed by atoms with E-state index in [-0.39, 0.29) is 0 Å². The summed E-state index contributed by atoms with van der Waals surface area (Å²) in [7, 11) is 2.00. The first kappa shape index (κ1) is 11.3. The molecular formula is C11H16N4S. The molecule has 0 bridgehead atoms. The molecule has 86 valence electrons. The Balaban J connectivity index is 1.89. The van der Waals surface area contributed by atoms with E-state index in [1.165, 1.54) is 4.88 Å². The molecule has 0 spiro atoms. The van der Waals surface area contributed by atoms with Crippen molar-refractivity contribution in [3.8, 4) is 0 Å². The smallest absolute Gasteiger partial charge is 0.122 e. The summed E-state index contributed by atoms with van der Waals surface area (Å²) in [6.45, 7) is 5.74. The van der Waals surface area contributed by atoms with Gasteiger partial charge in [0.05, 0.1) is 17.2 Å². The van der Waals surface area contributed by atoms with Crippen LogP contribution in [0.4, 0.5) is 0 Å². The quantitative estimate of drug-likeness (QED) is 0.880. The fourth-order valence-corrected chi connectivity index (χ4v) is 2.43. The molecule has 1 N–H and O–H groups in total. The molecule has 2 rings (SSSR count). The minimum absolute atomic E-state index is 0.777. The predicted octanol–water partition coefficient (Wildman–Crippen LogP) is 1.78. The van der Waals surface area contributed by atoms with Crippen molar-refractivity contribution in [2.75, 3.05) is 0 Å². The summed E-state index contributed by atoms with van der Waals surface area (Å²) in [4.78, 5) is 10.0. The fourth-order valence-electron chi connectivity index (χ4n) is 1.60. The second-order valence-electron chi connectivity index (χ2n) is 3.79. The van der Waals surface area contributed by atoms with Crippen LogP contribution in [0.15, 0.2) is 12.4 Å². The van der Waals surface area contributed by atoms with Gasteiger partial charge in [0, 0.05) is 30.9 Å². The second kappa shape index (κ2) is 4.76. The highest BCUT2D eigenvalue weighted by Crippen LogP contribution is 2.15. The topological polar surface area (TPSA) is 42.7 Å². The number of rotatable bonds is 4. The summed E-state index contributed by atoms with van der Waals surface area (Å²) in [5.41, 5.74) is 1.15. The predicted molar refractivity (Wildman–Crippen MR) is 65.3 cm³/mol. The number of thiazole rings is 1. The first-order valence-corrected chi connectivity index (χ1v) is 6.08. The highest BCUT2D eigenvalue weighted by atomic mass is 32.1. The highest BCUT2D eigenvalue weighted by molar-refractivity contribution is 7.11. The van der Waals surface area contributed by atoms with Gasteiger partial charge >= 0.3 is 0 Å². The summed E-state index contributed by atoms with van der Waals surface area (Å²) < 4.78 is 2.02. The van der Waals surface area contributed by atoms with Gasteiger partial charge in [-0.25, -0.2) is 9.97 Å². The van der Waals surface area contributed by atoms with Crippen molar-refractivity contribution in [3.63, 3.8) is 0 Å². The first-order valence-electron chi connectivity index (χ1n) is 5.26. The van der Waals surface area contributed by atoms with E-state index in [4.69, 9.17) is 0 Å². The molecule has 0 aliphatic rings. The Labute approximate surface area is 99.4 Å². The van der Waals surface area contributed by atoms with E-state index >= 15 is 0 Å². The van der Waals surface area contributed by atoms with E-state index in [2.05, 4.69) is 22.2 Å². The van der Waals surface area contributed by atoms with Gasteiger partial charge in [-0.2, -0.15) is 0 Å². The van der Waals surface area contributed by atoms with Gasteiger partial charge in [-0.3, -0.25) is 0 Å². The molecule has 0 aromatic carbocycles. The lowest BCUT2D eigenvalue weighted by atomic mass is 10.4. The maximum Gasteiger partial charge on any atom is 0.122 e. The van der Waals surface area contributed by atoms with E-state index in [0.29, 0.717) is 0 Å². The summed E-state index contributed by atoms with van der Waals surface area (Å²) in [6.07, 6.45) is 3.77. The van der Waals surface area contributed by atoms with Crippen molar-refractivity contribution in [2.45, 2.75) is 26.9 Å². The van der Waals surface area contributed by atoms with Crippen LogP contribution < -0.4 is 5.32 Å². The largest absolute Gasteiger partial charge is 0.337 e. The standard InChI is InChI=1S/C11H16N4S/c1-8-10(14-9(2)16-8)6-12-7-11-13-4-5-15(11)3/h4-5,12H,6-7H2,1-3H3. The lowest BCUT2D eigenvalue weighted by Crippen LogP contribution is -2.16. The van der Waals surface area contributed by atoms with Gasteiger partial charge in [0.25, 0.3) is 0 Å². The number of aromatic nitrogens is 3. The van der Waals surface area contributed by atoms with E-state index < -0.39 is 0 Å². The normalized spacial score (nSPS) is 10.9. The number of hydrogen-bond donors (Lipinski definition) is 1. The van der Waals surface area contributed by atoms with Crippen LogP contribution in [0.25, 0.3) is 0 Å². The lowest BCUT2D eigenvalue weighted by molar-refractivity contribution is 0.630. The third kappa shape index (κ3) is 2.48. The number of nitrogens with one attached hydrogen (secondary N) is 1. The molecule has 0 fully saturated rings. The van der Waals surface area contributed by atoms with Crippen LogP contribution in [0.5, 0.6) is 0 Å². The number of nitrogens with zero attached hydrogens (tertiary/aromatic N) is 3. The summed E-state index contributed by atoms with van der Waals surface area (Å²) in [6, 6.07) is 0. The number of hydrogen-bond acceptors (Lipinski definition) is 4. The molecule has 5 heteroatoms. The number of aryl methyl sites for hydroxylation is 3. The molecule has 0 amide bonds. The van der Waals surface area contributed by atoms with Crippen LogP contribution in [0.1, 0.15) is 21.4 Å². The molecular weight excluding hydrogens is 220 g/mol. The van der Waals surface area contributed by atoms with Gasteiger partial charge in [-0.1, -0.05) is 0 Å². The van der Waals surface area contributed by atoms with Crippen molar-refractivity contribution in [2.24, 2.45) is 7.05 Å². The van der Waals surface area contributed by atoms with Crippen molar-refractivity contribution in [1.29, 1.82) is 0 Å². The summed E-state index contributed by atoms with van der Waals surface area (Å²) >= 11 is 1.75. The Morgan fingerprint density at radius 1 is 1.38 bits per heavy atom. The molecule has 0 saturated heterocycles. The van der Waals surface area contributed by atoms with E-state index in [1.807, 2.05) is 30.9 Å². The van der Waals surface area contributed by atoms with Crippen molar-refractivity contribution < 1.29 is 0 Å². The molecule has 2 aromatic rings. The Kier molecular flexibility index (Phi) is 3.36. The Morgan fingerprint density at radius 3 is 2.75 bits per heavy atom. The average molecular weight is 236 g/mol. The van der Waals surface area contributed by atoms with Crippen LogP contribution in [-0.2, 0) is 20.1 Å². The van der Waals surface area contributed by atoms with Crippen molar-refractivity contribution in [1.82, 2.24) is 19.9 Å². The van der Waals surface area contributed by atoms with Crippen LogP contribution in [-0.4, -0.2) is 14.5 Å². The van der Waals surface area contributed by atoms with Gasteiger partial charge in [-0.15, -0.1) is 11.3 Å². The Morgan fingerprint density at radius 2 is 2.19 bits per heavy atom. The van der Waals surface area contributed by atoms with Crippen molar-refractivity contribution in [3.05, 3.63) is 33.8 Å². The van der Waals surface area contributed by atoms with Gasteiger partial charge < -0.3 is 9.88 Å². The molecule has 0 radical (unpaired) electrons. The molecule has 0 aliphatic heterocycles. The van der Waals surface area contributed by atoms with E-state index in [0.717, 1.165) is 29.6 Å². The number of imidazole rings is 1. The van der Waals surface area contributed by atoms with Crippen LogP contribution in [0.2, 0.25) is 0 Å². The summed E-state index contributed by atoms with van der Waals surface area (Å²) in [5.74, 6) is 1.05. The maximum absolute atomic E-state index is 4.48. The van der Waals surface area contributed by atoms with Gasteiger partial charge in [0.15, 0.2) is 0 Å². The van der Waals surface area contributed by atoms with Crippen molar-refractivity contribution >= 4 is 11.3 Å². The zero-order valence-corrected chi connectivity index (χ0v) is 10.6. The van der Waals surface area contributed by atoms with Crippen LogP contribution in [0, 0.1) is 13.8 Å². The zero-order chi connectivity index (χ0) is 11.5. The first-order chi connectivity index (χ1) is 7.66. The molecule has 0 atom stereocenters. The van der Waals surface area contributed by atoms with Gasteiger partial charge in [0.2, 0.25) is 0 Å². The average Bonchev–Trinajstić information content (AvgIpc) is 2.75. The van der Waals surface area contributed by atoms with E-state index in [9.17, 15) is 0 Å².